The van der Waals surface area contributed by atoms with E-state index in [-0.39, 0.29) is 11.8 Å². The number of hydrogen-bond acceptors (Lipinski definition) is 7. The second-order valence-corrected chi connectivity index (χ2v) is 8.51. The van der Waals surface area contributed by atoms with E-state index in [4.69, 9.17) is 0 Å². The van der Waals surface area contributed by atoms with Crippen molar-refractivity contribution in [2.24, 2.45) is 15.3 Å². The van der Waals surface area contributed by atoms with Crippen molar-refractivity contribution in [1.82, 2.24) is 4.98 Å². The molecule has 0 fully saturated rings. The number of benzene rings is 2. The Hall–Kier alpha value is -3.24. The zero-order chi connectivity index (χ0) is 22.0. The molecular weight excluding hydrogens is 480 g/mol. The lowest BCUT2D eigenvalue weighted by molar-refractivity contribution is -0.118. The smallest absolute Gasteiger partial charge is 0.282 e. The van der Waals surface area contributed by atoms with Gasteiger partial charge in [0.15, 0.2) is 6.04 Å². The second kappa shape index (κ2) is 8.86. The third kappa shape index (κ3) is 4.75. The molecule has 0 saturated carbocycles. The highest BCUT2D eigenvalue weighted by Gasteiger charge is 2.36. The van der Waals surface area contributed by atoms with E-state index in [9.17, 15) is 9.59 Å². The Kier molecular flexibility index (Phi) is 6.01. The van der Waals surface area contributed by atoms with E-state index >= 15 is 0 Å². The predicted octanol–water partition coefficient (Wildman–Crippen LogP) is 5.41. The molecule has 0 saturated heterocycles. The maximum atomic E-state index is 12.9. The van der Waals surface area contributed by atoms with Crippen LogP contribution < -0.4 is 10.3 Å². The van der Waals surface area contributed by atoms with E-state index in [2.05, 4.69) is 41.6 Å². The van der Waals surface area contributed by atoms with Crippen LogP contribution in [0.1, 0.15) is 13.8 Å². The highest BCUT2D eigenvalue weighted by atomic mass is 79.9. The van der Waals surface area contributed by atoms with Crippen molar-refractivity contribution in [3.8, 4) is 11.3 Å². The number of hydrazone groups is 1. The van der Waals surface area contributed by atoms with Crippen molar-refractivity contribution in [2.45, 2.75) is 19.9 Å². The molecule has 156 valence electrons. The summed E-state index contributed by atoms with van der Waals surface area (Å²) < 4.78 is 0.986. The van der Waals surface area contributed by atoms with E-state index < -0.39 is 6.04 Å². The van der Waals surface area contributed by atoms with Crippen LogP contribution in [0.4, 0.5) is 16.5 Å². The topological polar surface area (TPSA) is 99.4 Å². The summed E-state index contributed by atoms with van der Waals surface area (Å²) in [5.41, 5.74) is 3.51. The van der Waals surface area contributed by atoms with Crippen LogP contribution in [-0.2, 0) is 9.59 Å². The van der Waals surface area contributed by atoms with Gasteiger partial charge in [0, 0.05) is 28.0 Å². The number of nitrogens with zero attached hydrogens (tertiary/aromatic N) is 5. The Morgan fingerprint density at radius 1 is 1.16 bits per heavy atom. The van der Waals surface area contributed by atoms with Gasteiger partial charge in [0.2, 0.25) is 11.0 Å². The van der Waals surface area contributed by atoms with Crippen molar-refractivity contribution >= 4 is 61.3 Å². The Labute approximate surface area is 190 Å². The number of rotatable bonds is 5. The molecule has 2 aromatic carbocycles. The van der Waals surface area contributed by atoms with Gasteiger partial charge in [0.05, 0.1) is 17.1 Å². The highest BCUT2D eigenvalue weighted by molar-refractivity contribution is 9.10. The Bertz CT molecular complexity index is 1190. The summed E-state index contributed by atoms with van der Waals surface area (Å²) in [6.45, 7) is 3.18. The Morgan fingerprint density at radius 2 is 1.87 bits per heavy atom. The first-order valence-electron chi connectivity index (χ1n) is 9.30. The monoisotopic (exact) mass is 496 g/mol. The van der Waals surface area contributed by atoms with Crippen molar-refractivity contribution < 1.29 is 9.59 Å². The minimum atomic E-state index is -0.796. The van der Waals surface area contributed by atoms with E-state index in [1.807, 2.05) is 29.6 Å². The lowest BCUT2D eigenvalue weighted by Gasteiger charge is -2.08. The summed E-state index contributed by atoms with van der Waals surface area (Å²) in [5, 5.41) is 19.0. The normalized spacial score (nSPS) is 16.1. The molecule has 1 N–H and O–H groups in total. The molecule has 0 radical (unpaired) electrons. The van der Waals surface area contributed by atoms with Gasteiger partial charge in [-0.15, -0.1) is 11.3 Å². The lowest BCUT2D eigenvalue weighted by atomic mass is 10.2. The van der Waals surface area contributed by atoms with Gasteiger partial charge in [-0.3, -0.25) is 9.59 Å². The zero-order valence-corrected chi connectivity index (χ0v) is 19.0. The molecule has 0 bridgehead atoms. The molecule has 1 aliphatic heterocycles. The largest absolute Gasteiger partial charge is 0.326 e. The number of halogens is 1. The third-order valence-electron chi connectivity index (χ3n) is 4.39. The molecule has 31 heavy (non-hydrogen) atoms. The number of amides is 2. The minimum Gasteiger partial charge on any atom is -0.326 e. The standard InChI is InChI=1S/C21H17BrN6O2S/c1-12-19(26-25-17-9-7-16(8-10-17)23-13(2)29)20(30)28(27-12)21-24-18(11-31-21)14-3-5-15(22)6-4-14/h3-11,19H,1-2H3,(H,23,29)/t19-/m0/s1. The fourth-order valence-electron chi connectivity index (χ4n) is 2.88. The molecule has 0 spiro atoms. The van der Waals surface area contributed by atoms with Crippen LogP contribution in [-0.4, -0.2) is 28.6 Å². The average Bonchev–Trinajstić information content (AvgIpc) is 3.33. The first-order valence-corrected chi connectivity index (χ1v) is 11.0. The molecule has 2 amide bonds. The van der Waals surface area contributed by atoms with E-state index in [0.717, 1.165) is 15.7 Å². The van der Waals surface area contributed by atoms with Crippen LogP contribution in [0.25, 0.3) is 11.3 Å². The van der Waals surface area contributed by atoms with Crippen molar-refractivity contribution in [3.63, 3.8) is 0 Å². The van der Waals surface area contributed by atoms with Gasteiger partial charge >= 0.3 is 0 Å². The molecule has 4 rings (SSSR count). The molecular formula is C21H17BrN6O2S. The quantitative estimate of drug-likeness (QED) is 0.478. The maximum absolute atomic E-state index is 12.9. The van der Waals surface area contributed by atoms with Gasteiger partial charge in [0.1, 0.15) is 0 Å². The molecule has 8 nitrogen and oxygen atoms in total. The molecule has 3 aromatic rings. The van der Waals surface area contributed by atoms with E-state index in [1.54, 1.807) is 31.2 Å². The molecule has 1 aromatic heterocycles. The second-order valence-electron chi connectivity index (χ2n) is 6.76. The first-order chi connectivity index (χ1) is 14.9. The number of azo groups is 1. The number of hydrogen-bond donors (Lipinski definition) is 1. The van der Waals surface area contributed by atoms with Crippen LogP contribution in [0, 0.1) is 0 Å². The van der Waals surface area contributed by atoms with Crippen LogP contribution in [0.15, 0.2) is 73.7 Å². The molecule has 0 unspecified atom stereocenters. The molecule has 0 aliphatic carbocycles. The molecule has 1 atom stereocenters. The SMILES string of the molecule is CC(=O)Nc1ccc(N=N[C@@H]2C(=O)N(c3nc(-c4ccc(Br)cc4)cs3)N=C2C)cc1. The third-order valence-corrected chi connectivity index (χ3v) is 5.73. The number of nitrogens with one attached hydrogen (secondary N) is 1. The summed E-state index contributed by atoms with van der Waals surface area (Å²) in [6.07, 6.45) is 0. The Balaban J connectivity index is 1.48. The van der Waals surface area contributed by atoms with Gasteiger partial charge in [-0.05, 0) is 43.3 Å². The van der Waals surface area contributed by atoms with Crippen molar-refractivity contribution in [3.05, 3.63) is 58.4 Å². The van der Waals surface area contributed by atoms with Crippen LogP contribution in [0.3, 0.4) is 0 Å². The van der Waals surface area contributed by atoms with Crippen LogP contribution >= 0.6 is 27.3 Å². The minimum absolute atomic E-state index is 0.150. The highest BCUT2D eigenvalue weighted by Crippen LogP contribution is 2.31. The average molecular weight is 497 g/mol. The van der Waals surface area contributed by atoms with E-state index in [0.29, 0.717) is 22.2 Å². The fourth-order valence-corrected chi connectivity index (χ4v) is 3.93. The maximum Gasteiger partial charge on any atom is 0.282 e. The summed E-state index contributed by atoms with van der Waals surface area (Å²) in [6, 6.07) is 13.9. The van der Waals surface area contributed by atoms with Crippen molar-refractivity contribution in [1.29, 1.82) is 0 Å². The van der Waals surface area contributed by atoms with Crippen molar-refractivity contribution in [2.75, 3.05) is 10.3 Å². The van der Waals surface area contributed by atoms with Crippen LogP contribution in [0.5, 0.6) is 0 Å². The lowest BCUT2D eigenvalue weighted by Crippen LogP contribution is -2.29. The number of carbonyl (C=O) groups excluding carboxylic acids is 2. The van der Waals surface area contributed by atoms with E-state index in [1.165, 1.54) is 23.3 Å². The summed E-state index contributed by atoms with van der Waals surface area (Å²) in [7, 11) is 0. The fraction of sp³-hybridized carbons (Fsp3) is 0.143. The van der Waals surface area contributed by atoms with Gasteiger partial charge in [-0.25, -0.2) is 4.98 Å². The molecule has 10 heteroatoms. The number of aromatic nitrogens is 1. The van der Waals surface area contributed by atoms with Gasteiger partial charge in [0.25, 0.3) is 5.91 Å². The molecule has 1 aliphatic rings. The summed E-state index contributed by atoms with van der Waals surface area (Å²) in [5.74, 6) is -0.448. The number of anilines is 2. The Morgan fingerprint density at radius 3 is 2.55 bits per heavy atom. The summed E-state index contributed by atoms with van der Waals surface area (Å²) in [4.78, 5) is 28.5. The molecule has 2 heterocycles. The zero-order valence-electron chi connectivity index (χ0n) is 16.6. The summed E-state index contributed by atoms with van der Waals surface area (Å²) >= 11 is 4.76. The number of thiazole rings is 1. The van der Waals surface area contributed by atoms with Gasteiger partial charge in [-0.2, -0.15) is 20.3 Å². The van der Waals surface area contributed by atoms with Gasteiger partial charge < -0.3 is 5.32 Å². The predicted molar refractivity (Wildman–Crippen MR) is 125 cm³/mol. The van der Waals surface area contributed by atoms with Crippen LogP contribution in [0.2, 0.25) is 0 Å². The van der Waals surface area contributed by atoms with Gasteiger partial charge in [-0.1, -0.05) is 28.1 Å². The first kappa shape index (κ1) is 21.0. The number of carbonyl (C=O) groups is 2.